The summed E-state index contributed by atoms with van der Waals surface area (Å²) in [4.78, 5) is 27.0. The fourth-order valence-electron chi connectivity index (χ4n) is 7.85. The van der Waals surface area contributed by atoms with Gasteiger partial charge in [-0.25, -0.2) is 4.79 Å². The summed E-state index contributed by atoms with van der Waals surface area (Å²) in [5, 5.41) is 14.3. The predicted molar refractivity (Wildman–Crippen MR) is 152 cm³/mol. The van der Waals surface area contributed by atoms with Crippen LogP contribution in [0.3, 0.4) is 0 Å². The minimum atomic E-state index is -0.740. The molecule has 4 aliphatic carbocycles. The van der Waals surface area contributed by atoms with Gasteiger partial charge in [0.1, 0.15) is 5.78 Å². The van der Waals surface area contributed by atoms with Crippen LogP contribution in [0.2, 0.25) is 0 Å². The van der Waals surface area contributed by atoms with Crippen molar-refractivity contribution in [1.82, 2.24) is 5.32 Å². The zero-order valence-electron chi connectivity index (χ0n) is 23.9. The van der Waals surface area contributed by atoms with Crippen LogP contribution < -0.4 is 19.5 Å². The number of rotatable bonds is 10. The fourth-order valence-corrected chi connectivity index (χ4v) is 8.98. The van der Waals surface area contributed by atoms with Crippen molar-refractivity contribution in [2.75, 3.05) is 33.7 Å². The molecule has 1 aromatic rings. The van der Waals surface area contributed by atoms with E-state index in [4.69, 9.17) is 18.9 Å². The molecular formula is C31H38N2O6S. The molecule has 214 valence electrons. The summed E-state index contributed by atoms with van der Waals surface area (Å²) in [5.41, 5.74) is 1.69. The summed E-state index contributed by atoms with van der Waals surface area (Å²) in [6.07, 6.45) is 6.87. The second-order valence-corrected chi connectivity index (χ2v) is 12.5. The van der Waals surface area contributed by atoms with Gasteiger partial charge in [0.15, 0.2) is 11.5 Å². The van der Waals surface area contributed by atoms with E-state index in [1.807, 2.05) is 0 Å². The van der Waals surface area contributed by atoms with Gasteiger partial charge >= 0.3 is 5.97 Å². The van der Waals surface area contributed by atoms with Crippen molar-refractivity contribution in [1.29, 1.82) is 5.26 Å². The molecule has 1 atom stereocenters. The van der Waals surface area contributed by atoms with Gasteiger partial charge < -0.3 is 24.3 Å². The number of nitrogens with zero attached hydrogens (tertiary/aromatic N) is 1. The molecule has 8 nitrogen and oxygen atoms in total. The number of dihydropyridines is 1. The van der Waals surface area contributed by atoms with Crippen LogP contribution in [0.15, 0.2) is 34.0 Å². The monoisotopic (exact) mass is 566 g/mol. The zero-order valence-corrected chi connectivity index (χ0v) is 24.7. The van der Waals surface area contributed by atoms with Gasteiger partial charge in [0.2, 0.25) is 5.75 Å². The van der Waals surface area contributed by atoms with Gasteiger partial charge in [-0.15, -0.1) is 0 Å². The third kappa shape index (κ3) is 4.96. The molecule has 9 heteroatoms. The second kappa shape index (κ2) is 11.4. The van der Waals surface area contributed by atoms with E-state index in [-0.39, 0.29) is 12.0 Å². The number of benzene rings is 1. The highest BCUT2D eigenvalue weighted by molar-refractivity contribution is 8.03. The maximum absolute atomic E-state index is 13.8. The van der Waals surface area contributed by atoms with Crippen molar-refractivity contribution >= 4 is 23.5 Å². The first kappa shape index (κ1) is 28.4. The quantitative estimate of drug-likeness (QED) is 0.368. The number of thioether (sulfide) groups is 1. The number of nitriles is 1. The van der Waals surface area contributed by atoms with Gasteiger partial charge in [-0.05, 0) is 87.8 Å². The number of ketones is 1. The molecule has 4 fully saturated rings. The molecule has 0 amide bonds. The second-order valence-electron chi connectivity index (χ2n) is 11.5. The predicted octanol–water partition coefficient (Wildman–Crippen LogP) is 5.49. The average molecular weight is 567 g/mol. The van der Waals surface area contributed by atoms with Crippen molar-refractivity contribution in [3.63, 3.8) is 0 Å². The third-order valence-electron chi connectivity index (χ3n) is 9.14. The smallest absolute Gasteiger partial charge is 0.336 e. The number of esters is 1. The lowest BCUT2D eigenvalue weighted by atomic mass is 9.48. The van der Waals surface area contributed by atoms with Crippen LogP contribution >= 0.6 is 11.8 Å². The maximum atomic E-state index is 13.8. The van der Waals surface area contributed by atoms with Crippen LogP contribution in [-0.2, 0) is 14.3 Å². The molecule has 0 saturated heterocycles. The summed E-state index contributed by atoms with van der Waals surface area (Å²) in [6.45, 7) is 3.74. The molecule has 1 heterocycles. The molecule has 1 aromatic carbocycles. The summed E-state index contributed by atoms with van der Waals surface area (Å²) in [5.74, 6) is 2.65. The Labute approximate surface area is 240 Å². The summed E-state index contributed by atoms with van der Waals surface area (Å²) in [6, 6.07) is 5.85. The maximum Gasteiger partial charge on any atom is 0.336 e. The number of methoxy groups -OCH3 is 3. The lowest BCUT2D eigenvalue weighted by Crippen LogP contribution is -2.50. The zero-order chi connectivity index (χ0) is 28.6. The lowest BCUT2D eigenvalue weighted by molar-refractivity contribution is -0.141. The fraction of sp³-hybridized carbons (Fsp3) is 0.581. The molecule has 4 bridgehead atoms. The minimum Gasteiger partial charge on any atom is -0.493 e. The van der Waals surface area contributed by atoms with E-state index >= 15 is 0 Å². The van der Waals surface area contributed by atoms with Crippen LogP contribution in [0.5, 0.6) is 17.2 Å². The van der Waals surface area contributed by atoms with Gasteiger partial charge in [-0.1, -0.05) is 11.8 Å². The van der Waals surface area contributed by atoms with Gasteiger partial charge in [0, 0.05) is 11.1 Å². The largest absolute Gasteiger partial charge is 0.493 e. The Morgan fingerprint density at radius 1 is 1.02 bits per heavy atom. The van der Waals surface area contributed by atoms with E-state index in [1.54, 1.807) is 26.0 Å². The summed E-state index contributed by atoms with van der Waals surface area (Å²) >= 11 is 1.37. The first-order valence-electron chi connectivity index (χ1n) is 14.0. The van der Waals surface area contributed by atoms with Crippen molar-refractivity contribution in [3.8, 4) is 23.3 Å². The highest BCUT2D eigenvalue weighted by atomic mass is 32.2. The SMILES string of the molecule is CCOC(=O)C1=C(C)NC(SCC(=O)C23CC4CC(CC(C4)C2)C3)=C(C#N)C1c1cc(OC)c(OC)c(OC)c1. The minimum absolute atomic E-state index is 0.199. The van der Waals surface area contributed by atoms with Gasteiger partial charge in [-0.2, -0.15) is 5.26 Å². The highest BCUT2D eigenvalue weighted by Gasteiger charge is 2.54. The molecule has 1 aliphatic heterocycles. The molecule has 5 aliphatic rings. The van der Waals surface area contributed by atoms with E-state index in [9.17, 15) is 14.9 Å². The molecule has 40 heavy (non-hydrogen) atoms. The molecule has 0 aromatic heterocycles. The Bertz CT molecular complexity index is 1250. The average Bonchev–Trinajstić information content (AvgIpc) is 2.93. The Morgan fingerprint density at radius 3 is 2.08 bits per heavy atom. The van der Waals surface area contributed by atoms with Crippen LogP contribution in [0.4, 0.5) is 0 Å². The van der Waals surface area contributed by atoms with E-state index < -0.39 is 11.9 Å². The van der Waals surface area contributed by atoms with Crippen LogP contribution in [0.1, 0.15) is 63.9 Å². The third-order valence-corrected chi connectivity index (χ3v) is 10.2. The Kier molecular flexibility index (Phi) is 8.10. The molecule has 0 spiro atoms. The molecule has 1 unspecified atom stereocenters. The van der Waals surface area contributed by atoms with Crippen LogP contribution in [-0.4, -0.2) is 45.4 Å². The molecular weight excluding hydrogens is 528 g/mol. The first-order chi connectivity index (χ1) is 19.3. The van der Waals surface area contributed by atoms with Crippen molar-refractivity contribution in [2.45, 2.75) is 58.3 Å². The van der Waals surface area contributed by atoms with E-state index in [2.05, 4.69) is 11.4 Å². The lowest BCUT2D eigenvalue weighted by Gasteiger charge is -2.56. The summed E-state index contributed by atoms with van der Waals surface area (Å²) < 4.78 is 22.0. The van der Waals surface area contributed by atoms with E-state index in [0.717, 1.165) is 19.3 Å². The molecule has 6 rings (SSSR count). The Morgan fingerprint density at radius 2 is 1.60 bits per heavy atom. The van der Waals surface area contributed by atoms with Crippen LogP contribution in [0, 0.1) is 34.5 Å². The topological polar surface area (TPSA) is 107 Å². The van der Waals surface area contributed by atoms with Gasteiger partial charge in [0.05, 0.1) is 61.9 Å². The van der Waals surface area contributed by atoms with E-state index in [1.165, 1.54) is 52.4 Å². The number of carbonyl (C=O) groups is 2. The van der Waals surface area contributed by atoms with E-state index in [0.29, 0.717) is 74.0 Å². The van der Waals surface area contributed by atoms with Crippen molar-refractivity contribution < 1.29 is 28.5 Å². The number of hydrogen-bond acceptors (Lipinski definition) is 9. The summed E-state index contributed by atoms with van der Waals surface area (Å²) in [7, 11) is 4.57. The highest BCUT2D eigenvalue weighted by Crippen LogP contribution is 2.60. The Balaban J connectivity index is 1.50. The molecule has 4 saturated carbocycles. The van der Waals surface area contributed by atoms with Gasteiger partial charge in [0.25, 0.3) is 0 Å². The van der Waals surface area contributed by atoms with Gasteiger partial charge in [-0.3, -0.25) is 4.79 Å². The molecule has 0 radical (unpaired) electrons. The standard InChI is InChI=1S/C31H38N2O6S/c1-6-39-30(35)26-17(2)33-29(40-16-25(34)31-12-18-7-19(13-31)9-20(8-18)14-31)22(15-32)27(26)21-10-23(36-3)28(38-5)24(11-21)37-4/h10-11,18-20,27,33H,6-9,12-14,16H2,1-5H3. The Hall–Kier alpha value is -3.12. The van der Waals surface area contributed by atoms with Crippen LogP contribution in [0.25, 0.3) is 0 Å². The number of allylic oxidation sites excluding steroid dienone is 2. The molecule has 1 N–H and O–H groups in total. The first-order valence-corrected chi connectivity index (χ1v) is 15.0. The normalized spacial score (nSPS) is 28.6. The van der Waals surface area contributed by atoms with Crippen molar-refractivity contribution in [2.24, 2.45) is 23.2 Å². The number of ether oxygens (including phenoxy) is 4. The van der Waals surface area contributed by atoms with Crippen molar-refractivity contribution in [3.05, 3.63) is 39.6 Å². The number of nitrogens with one attached hydrogen (secondary N) is 1. The number of hydrogen-bond donors (Lipinski definition) is 1. The number of carbonyl (C=O) groups excluding carboxylic acids is 2. The number of Topliss-reactive ketones (excluding diaryl/α,β-unsaturated/α-hetero) is 1.